The molecule has 0 unspecified atom stereocenters. The predicted molar refractivity (Wildman–Crippen MR) is 134 cm³/mol. The molecule has 180 valence electrons. The number of fused-ring (bicyclic) bond motifs is 1. The number of hydrogen-bond donors (Lipinski definition) is 1. The second kappa shape index (κ2) is 9.61. The summed E-state index contributed by atoms with van der Waals surface area (Å²) in [6.07, 6.45) is 5.26. The third kappa shape index (κ3) is 5.01. The number of furan rings is 1. The molecule has 1 aliphatic rings. The minimum absolute atomic E-state index is 0.0112. The molecule has 1 fully saturated rings. The van der Waals surface area contributed by atoms with Crippen LogP contribution in [0, 0.1) is 19.3 Å². The quantitative estimate of drug-likeness (QED) is 0.526. The van der Waals surface area contributed by atoms with Gasteiger partial charge in [0.25, 0.3) is 5.91 Å². The Morgan fingerprint density at radius 2 is 1.97 bits per heavy atom. The molecule has 2 atom stereocenters. The minimum atomic E-state index is -0.515. The maximum atomic E-state index is 13.7. The van der Waals surface area contributed by atoms with Crippen molar-refractivity contribution >= 4 is 22.8 Å². The molecule has 0 radical (unpaired) electrons. The van der Waals surface area contributed by atoms with Crippen molar-refractivity contribution in [2.45, 2.75) is 72.4 Å². The molecule has 1 aromatic carbocycles. The van der Waals surface area contributed by atoms with E-state index in [1.165, 1.54) is 0 Å². The molecule has 1 aliphatic heterocycles. The second-order valence-corrected chi connectivity index (χ2v) is 10.5. The molecular weight excluding hydrogens is 426 g/mol. The highest BCUT2D eigenvalue weighted by molar-refractivity contribution is 5.99. The summed E-state index contributed by atoms with van der Waals surface area (Å²) in [5.41, 5.74) is 3.06. The fraction of sp³-hybridized carbons (Fsp3) is 0.464. The van der Waals surface area contributed by atoms with Gasteiger partial charge in [0.1, 0.15) is 5.58 Å². The van der Waals surface area contributed by atoms with E-state index < -0.39 is 5.41 Å². The molecule has 3 aromatic rings. The summed E-state index contributed by atoms with van der Waals surface area (Å²) in [6, 6.07) is 11.5. The van der Waals surface area contributed by atoms with Crippen LogP contribution in [0.2, 0.25) is 0 Å². The molecule has 34 heavy (non-hydrogen) atoms. The van der Waals surface area contributed by atoms with Gasteiger partial charge in [-0.3, -0.25) is 14.6 Å². The van der Waals surface area contributed by atoms with E-state index in [-0.39, 0.29) is 23.9 Å². The van der Waals surface area contributed by atoms with Gasteiger partial charge in [-0.25, -0.2) is 0 Å². The largest absolute Gasteiger partial charge is 0.451 e. The number of carbonyl (C=O) groups is 2. The second-order valence-electron chi connectivity index (χ2n) is 10.5. The van der Waals surface area contributed by atoms with Crippen LogP contribution in [-0.4, -0.2) is 34.3 Å². The third-order valence-corrected chi connectivity index (χ3v) is 6.71. The maximum absolute atomic E-state index is 13.7. The van der Waals surface area contributed by atoms with Gasteiger partial charge in [-0.2, -0.15) is 0 Å². The zero-order valence-corrected chi connectivity index (χ0v) is 20.9. The van der Waals surface area contributed by atoms with E-state index in [9.17, 15) is 9.59 Å². The van der Waals surface area contributed by atoms with Crippen LogP contribution in [0.15, 0.2) is 47.0 Å². The molecule has 1 saturated heterocycles. The van der Waals surface area contributed by atoms with Gasteiger partial charge in [0.05, 0.1) is 11.7 Å². The number of hydrogen-bond acceptors (Lipinski definition) is 4. The van der Waals surface area contributed by atoms with Crippen LogP contribution in [-0.2, 0) is 4.79 Å². The highest BCUT2D eigenvalue weighted by atomic mass is 16.3. The molecule has 2 aromatic heterocycles. The van der Waals surface area contributed by atoms with E-state index in [4.69, 9.17) is 4.42 Å². The highest BCUT2D eigenvalue weighted by Gasteiger charge is 2.34. The van der Waals surface area contributed by atoms with Crippen molar-refractivity contribution in [1.29, 1.82) is 0 Å². The Morgan fingerprint density at radius 3 is 2.68 bits per heavy atom. The lowest BCUT2D eigenvalue weighted by molar-refractivity contribution is -0.129. The number of amides is 2. The van der Waals surface area contributed by atoms with Crippen LogP contribution in [0.1, 0.15) is 79.9 Å². The Morgan fingerprint density at radius 1 is 1.18 bits per heavy atom. The molecule has 0 aliphatic carbocycles. The van der Waals surface area contributed by atoms with Gasteiger partial charge in [0.2, 0.25) is 5.91 Å². The number of carbonyl (C=O) groups excluding carboxylic acids is 2. The smallest absolute Gasteiger partial charge is 0.290 e. The van der Waals surface area contributed by atoms with Crippen LogP contribution in [0.25, 0.3) is 11.0 Å². The summed E-state index contributed by atoms with van der Waals surface area (Å²) in [6.45, 7) is 10.4. The lowest BCUT2D eigenvalue weighted by atomic mass is 9.91. The summed E-state index contributed by atoms with van der Waals surface area (Å²) in [4.78, 5) is 33.0. The standard InChI is InChI=1S/C28H35N3O3/c1-18-12-13-24-21(16-18)19(2)25(34-24)26(32)31-15-9-7-10-20(31)17-23(22-11-6-8-14-29-22)30-27(33)28(3,4)5/h6,8,11-14,16,20,23H,7,9-10,15,17H2,1-5H3,(H,30,33)/t20-,23-/m1/s1. The van der Waals surface area contributed by atoms with Gasteiger partial charge in [0, 0.05) is 35.1 Å². The highest BCUT2D eigenvalue weighted by Crippen LogP contribution is 2.32. The van der Waals surface area contributed by atoms with Gasteiger partial charge < -0.3 is 14.6 Å². The first-order valence-electron chi connectivity index (χ1n) is 12.2. The van der Waals surface area contributed by atoms with E-state index in [1.54, 1.807) is 6.20 Å². The van der Waals surface area contributed by atoms with Crippen molar-refractivity contribution < 1.29 is 14.0 Å². The zero-order valence-electron chi connectivity index (χ0n) is 20.9. The van der Waals surface area contributed by atoms with Crippen LogP contribution in [0.4, 0.5) is 0 Å². The average molecular weight is 462 g/mol. The number of aryl methyl sites for hydroxylation is 2. The Labute approximate surface area is 201 Å². The molecule has 0 saturated carbocycles. The van der Waals surface area contributed by atoms with Crippen LogP contribution < -0.4 is 5.32 Å². The van der Waals surface area contributed by atoms with E-state index in [2.05, 4.69) is 16.4 Å². The topological polar surface area (TPSA) is 75.4 Å². The van der Waals surface area contributed by atoms with E-state index >= 15 is 0 Å². The lowest BCUT2D eigenvalue weighted by Gasteiger charge is -2.37. The molecule has 1 N–H and O–H groups in total. The number of piperidine rings is 1. The first-order valence-corrected chi connectivity index (χ1v) is 12.2. The van der Waals surface area contributed by atoms with Crippen LogP contribution in [0.3, 0.4) is 0 Å². The zero-order chi connectivity index (χ0) is 24.5. The molecule has 0 spiro atoms. The van der Waals surface area contributed by atoms with Crippen LogP contribution in [0.5, 0.6) is 0 Å². The predicted octanol–water partition coefficient (Wildman–Crippen LogP) is 5.73. The Bertz CT molecular complexity index is 1180. The SMILES string of the molecule is Cc1ccc2oc(C(=O)N3CCCC[C@@H]3C[C@@H](NC(=O)C(C)(C)C)c3ccccn3)c(C)c2c1. The average Bonchev–Trinajstić information content (AvgIpc) is 3.14. The first-order chi connectivity index (χ1) is 16.1. The molecule has 4 rings (SSSR count). The van der Waals surface area contributed by atoms with E-state index in [1.807, 2.05) is 69.9 Å². The van der Waals surface area contributed by atoms with Crippen molar-refractivity contribution in [3.63, 3.8) is 0 Å². The first kappa shape index (κ1) is 24.0. The van der Waals surface area contributed by atoms with E-state index in [0.29, 0.717) is 18.7 Å². The van der Waals surface area contributed by atoms with Crippen molar-refractivity contribution in [2.24, 2.45) is 5.41 Å². The molecule has 3 heterocycles. The number of nitrogens with zero attached hydrogens (tertiary/aromatic N) is 2. The Balaban J connectivity index is 1.62. The summed E-state index contributed by atoms with van der Waals surface area (Å²) in [5.74, 6) is 0.318. The summed E-state index contributed by atoms with van der Waals surface area (Å²) < 4.78 is 6.04. The minimum Gasteiger partial charge on any atom is -0.451 e. The number of nitrogens with one attached hydrogen (secondary N) is 1. The monoisotopic (exact) mass is 461 g/mol. The summed E-state index contributed by atoms with van der Waals surface area (Å²) in [7, 11) is 0. The van der Waals surface area contributed by atoms with Crippen molar-refractivity contribution in [1.82, 2.24) is 15.2 Å². The summed E-state index contributed by atoms with van der Waals surface area (Å²) >= 11 is 0. The number of pyridine rings is 1. The van der Waals surface area contributed by atoms with E-state index in [0.717, 1.165) is 47.1 Å². The van der Waals surface area contributed by atoms with Gasteiger partial charge in [-0.05, 0) is 63.8 Å². The molecule has 6 heteroatoms. The van der Waals surface area contributed by atoms with Gasteiger partial charge >= 0.3 is 0 Å². The Hall–Kier alpha value is -3.15. The van der Waals surface area contributed by atoms with Crippen molar-refractivity contribution in [2.75, 3.05) is 6.54 Å². The van der Waals surface area contributed by atoms with Gasteiger partial charge in [-0.15, -0.1) is 0 Å². The van der Waals surface area contributed by atoms with Crippen molar-refractivity contribution in [3.05, 3.63) is 65.2 Å². The van der Waals surface area contributed by atoms with Crippen molar-refractivity contribution in [3.8, 4) is 0 Å². The number of rotatable bonds is 5. The van der Waals surface area contributed by atoms with Gasteiger partial charge in [-0.1, -0.05) is 38.5 Å². The molecule has 6 nitrogen and oxygen atoms in total. The molecule has 2 amide bonds. The number of likely N-dealkylation sites (tertiary alicyclic amines) is 1. The maximum Gasteiger partial charge on any atom is 0.290 e. The van der Waals surface area contributed by atoms with Gasteiger partial charge in [0.15, 0.2) is 5.76 Å². The Kier molecular flexibility index (Phi) is 6.78. The fourth-order valence-corrected chi connectivity index (χ4v) is 4.66. The number of benzene rings is 1. The summed E-state index contributed by atoms with van der Waals surface area (Å²) in [5, 5.41) is 4.18. The normalized spacial score (nSPS) is 17.6. The number of aromatic nitrogens is 1. The molecular formula is C28H35N3O3. The third-order valence-electron chi connectivity index (χ3n) is 6.71. The molecule has 0 bridgehead atoms. The van der Waals surface area contributed by atoms with Crippen LogP contribution >= 0.6 is 0 Å². The fourth-order valence-electron chi connectivity index (χ4n) is 4.66. The lowest BCUT2D eigenvalue weighted by Crippen LogP contribution is -2.47.